The molecule has 6 heteroatoms. The number of hydrogen-bond donors (Lipinski definition) is 2. The summed E-state index contributed by atoms with van der Waals surface area (Å²) >= 11 is 0. The van der Waals surface area contributed by atoms with Gasteiger partial charge >= 0.3 is 5.97 Å². The summed E-state index contributed by atoms with van der Waals surface area (Å²) in [7, 11) is 1.33. The molecule has 1 aromatic rings. The Labute approximate surface area is 131 Å². The molecule has 1 aromatic heterocycles. The molecule has 0 saturated heterocycles. The van der Waals surface area contributed by atoms with Gasteiger partial charge in [0.15, 0.2) is 0 Å². The van der Waals surface area contributed by atoms with Gasteiger partial charge in [-0.2, -0.15) is 5.10 Å². The van der Waals surface area contributed by atoms with Gasteiger partial charge in [-0.15, -0.1) is 0 Å². The van der Waals surface area contributed by atoms with Crippen molar-refractivity contribution < 1.29 is 14.3 Å². The van der Waals surface area contributed by atoms with E-state index < -0.39 is 5.97 Å². The number of amides is 1. The molecule has 1 rings (SSSR count). The summed E-state index contributed by atoms with van der Waals surface area (Å²) in [6.45, 7) is 6.93. The third kappa shape index (κ3) is 7.06. The van der Waals surface area contributed by atoms with Crippen LogP contribution in [0.15, 0.2) is 18.3 Å². The number of H-pyrrole nitrogens is 1. The van der Waals surface area contributed by atoms with Gasteiger partial charge in [-0.3, -0.25) is 9.89 Å². The van der Waals surface area contributed by atoms with Gasteiger partial charge in [0.25, 0.3) is 0 Å². The Bertz CT molecular complexity index is 527. The number of aromatic nitrogens is 2. The van der Waals surface area contributed by atoms with Crippen LogP contribution in [0.25, 0.3) is 0 Å². The Balaban J connectivity index is 2.38. The van der Waals surface area contributed by atoms with Gasteiger partial charge in [0.05, 0.1) is 19.7 Å². The van der Waals surface area contributed by atoms with Crippen molar-refractivity contribution in [3.05, 3.63) is 29.6 Å². The third-order valence-electron chi connectivity index (χ3n) is 2.95. The van der Waals surface area contributed by atoms with Gasteiger partial charge in [-0.25, -0.2) is 4.79 Å². The Morgan fingerprint density at radius 3 is 2.77 bits per heavy atom. The fourth-order valence-corrected chi connectivity index (χ4v) is 1.98. The molecule has 0 aliphatic rings. The average molecular weight is 307 g/mol. The second-order valence-electron chi connectivity index (χ2n) is 6.35. The van der Waals surface area contributed by atoms with Crippen molar-refractivity contribution in [1.82, 2.24) is 15.5 Å². The van der Waals surface area contributed by atoms with E-state index in [0.29, 0.717) is 13.0 Å². The summed E-state index contributed by atoms with van der Waals surface area (Å²) in [5.74, 6) is -0.457. The summed E-state index contributed by atoms with van der Waals surface area (Å²) < 4.78 is 4.48. The van der Waals surface area contributed by atoms with E-state index in [4.69, 9.17) is 0 Å². The van der Waals surface area contributed by atoms with Crippen LogP contribution in [-0.2, 0) is 27.2 Å². The normalized spacial score (nSPS) is 11.6. The molecule has 0 radical (unpaired) electrons. The van der Waals surface area contributed by atoms with Crippen LogP contribution in [0.5, 0.6) is 0 Å². The number of ether oxygens (including phenoxy) is 1. The molecule has 0 bridgehead atoms. The van der Waals surface area contributed by atoms with Crippen LogP contribution in [0.1, 0.15) is 38.4 Å². The van der Waals surface area contributed by atoms with Crippen molar-refractivity contribution >= 4 is 11.9 Å². The number of hydrogen-bond acceptors (Lipinski definition) is 4. The molecule has 0 spiro atoms. The lowest BCUT2D eigenvalue weighted by atomic mass is 9.88. The number of nitrogens with zero attached hydrogens (tertiary/aromatic N) is 1. The first kappa shape index (κ1) is 17.9. The zero-order valence-corrected chi connectivity index (χ0v) is 13.7. The van der Waals surface area contributed by atoms with E-state index in [1.165, 1.54) is 13.2 Å². The standard InChI is InChI=1S/C16H25N3O3/c1-16(2,3)10-12-11-18-19-13(12)9-14(20)17-8-6-5-7-15(21)22-4/h5,7,11H,6,8-10H2,1-4H3,(H,17,20)(H,18,19)/b7-5+. The Hall–Kier alpha value is -2.11. The highest BCUT2D eigenvalue weighted by atomic mass is 16.5. The zero-order valence-electron chi connectivity index (χ0n) is 13.7. The molecule has 122 valence electrons. The highest BCUT2D eigenvalue weighted by molar-refractivity contribution is 5.81. The van der Waals surface area contributed by atoms with Crippen LogP contribution >= 0.6 is 0 Å². The van der Waals surface area contributed by atoms with Gasteiger partial charge < -0.3 is 10.1 Å². The first-order valence-corrected chi connectivity index (χ1v) is 7.34. The number of carbonyl (C=O) groups excluding carboxylic acids is 2. The van der Waals surface area contributed by atoms with E-state index >= 15 is 0 Å². The topological polar surface area (TPSA) is 84.1 Å². The maximum absolute atomic E-state index is 11.9. The van der Waals surface area contributed by atoms with Crippen molar-refractivity contribution in [1.29, 1.82) is 0 Å². The molecule has 0 saturated carbocycles. The Kier molecular flexibility index (Phi) is 6.82. The van der Waals surface area contributed by atoms with Gasteiger partial charge in [0.1, 0.15) is 0 Å². The minimum absolute atomic E-state index is 0.0640. The number of esters is 1. The number of carbonyl (C=O) groups is 2. The van der Waals surface area contributed by atoms with Crippen molar-refractivity contribution in [2.75, 3.05) is 13.7 Å². The molecule has 0 fully saturated rings. The number of methoxy groups -OCH3 is 1. The summed E-state index contributed by atoms with van der Waals surface area (Å²) in [6, 6.07) is 0. The predicted molar refractivity (Wildman–Crippen MR) is 84.2 cm³/mol. The highest BCUT2D eigenvalue weighted by Crippen LogP contribution is 2.22. The van der Waals surface area contributed by atoms with Gasteiger partial charge in [0.2, 0.25) is 5.91 Å². The van der Waals surface area contributed by atoms with Crippen molar-refractivity contribution in [2.45, 2.75) is 40.0 Å². The summed E-state index contributed by atoms with van der Waals surface area (Å²) in [5.41, 5.74) is 2.08. The Morgan fingerprint density at radius 2 is 2.14 bits per heavy atom. The SMILES string of the molecule is COC(=O)/C=C/CCNC(=O)Cc1[nH]ncc1CC(C)(C)C. The van der Waals surface area contributed by atoms with Gasteiger partial charge in [-0.1, -0.05) is 26.8 Å². The molecule has 0 aliphatic carbocycles. The van der Waals surface area contributed by atoms with Crippen LogP contribution in [0, 0.1) is 5.41 Å². The van der Waals surface area contributed by atoms with E-state index in [1.807, 2.05) is 0 Å². The predicted octanol–water partition coefficient (Wildman–Crippen LogP) is 1.78. The molecule has 1 amide bonds. The van der Waals surface area contributed by atoms with Crippen molar-refractivity contribution in [3.8, 4) is 0 Å². The zero-order chi connectivity index (χ0) is 16.6. The van der Waals surface area contributed by atoms with Crippen LogP contribution in [0.2, 0.25) is 0 Å². The molecule has 22 heavy (non-hydrogen) atoms. The smallest absolute Gasteiger partial charge is 0.330 e. The molecular formula is C16H25N3O3. The van der Waals surface area contributed by atoms with E-state index in [0.717, 1.165) is 17.7 Å². The minimum Gasteiger partial charge on any atom is -0.466 e. The van der Waals surface area contributed by atoms with E-state index in [1.54, 1.807) is 12.3 Å². The maximum atomic E-state index is 11.9. The van der Waals surface area contributed by atoms with E-state index in [-0.39, 0.29) is 17.7 Å². The summed E-state index contributed by atoms with van der Waals surface area (Å²) in [6.07, 6.45) is 6.54. The van der Waals surface area contributed by atoms with Crippen LogP contribution in [0.3, 0.4) is 0 Å². The summed E-state index contributed by atoms with van der Waals surface area (Å²) in [4.78, 5) is 22.8. The maximum Gasteiger partial charge on any atom is 0.330 e. The molecule has 0 unspecified atom stereocenters. The Morgan fingerprint density at radius 1 is 1.41 bits per heavy atom. The quantitative estimate of drug-likeness (QED) is 0.457. The fraction of sp³-hybridized carbons (Fsp3) is 0.562. The molecule has 6 nitrogen and oxygen atoms in total. The largest absolute Gasteiger partial charge is 0.466 e. The molecule has 0 aromatic carbocycles. The van der Waals surface area contributed by atoms with E-state index in [9.17, 15) is 9.59 Å². The summed E-state index contributed by atoms with van der Waals surface area (Å²) in [5, 5.41) is 9.74. The van der Waals surface area contributed by atoms with Gasteiger partial charge in [0, 0.05) is 18.3 Å². The number of nitrogens with one attached hydrogen (secondary N) is 2. The molecule has 0 atom stereocenters. The molecular weight excluding hydrogens is 282 g/mol. The number of aromatic amines is 1. The van der Waals surface area contributed by atoms with Crippen LogP contribution in [0.4, 0.5) is 0 Å². The lowest BCUT2D eigenvalue weighted by molar-refractivity contribution is -0.134. The highest BCUT2D eigenvalue weighted by Gasteiger charge is 2.16. The monoisotopic (exact) mass is 307 g/mol. The van der Waals surface area contributed by atoms with Crippen LogP contribution < -0.4 is 5.32 Å². The lowest BCUT2D eigenvalue weighted by Gasteiger charge is -2.17. The number of rotatable bonds is 7. The molecule has 2 N–H and O–H groups in total. The molecule has 1 heterocycles. The van der Waals surface area contributed by atoms with Crippen LogP contribution in [-0.4, -0.2) is 35.7 Å². The average Bonchev–Trinajstić information content (AvgIpc) is 2.83. The first-order chi connectivity index (χ1) is 10.3. The third-order valence-corrected chi connectivity index (χ3v) is 2.95. The van der Waals surface area contributed by atoms with Crippen molar-refractivity contribution in [2.24, 2.45) is 5.41 Å². The minimum atomic E-state index is -0.393. The second kappa shape index (κ2) is 8.36. The fourth-order valence-electron chi connectivity index (χ4n) is 1.98. The van der Waals surface area contributed by atoms with E-state index in [2.05, 4.69) is 41.0 Å². The molecule has 0 aliphatic heterocycles. The van der Waals surface area contributed by atoms with Gasteiger partial charge in [-0.05, 0) is 23.8 Å². The second-order valence-corrected chi connectivity index (χ2v) is 6.35. The van der Waals surface area contributed by atoms with Crippen molar-refractivity contribution in [3.63, 3.8) is 0 Å². The lowest BCUT2D eigenvalue weighted by Crippen LogP contribution is -2.26. The first-order valence-electron chi connectivity index (χ1n) is 7.34.